The van der Waals surface area contributed by atoms with Gasteiger partial charge in [-0.05, 0) is 25.7 Å². The van der Waals surface area contributed by atoms with E-state index < -0.39 is 11.9 Å². The largest absolute Gasteiger partial charge is 0.465 e. The van der Waals surface area contributed by atoms with E-state index in [1.807, 2.05) is 6.92 Å². The highest BCUT2D eigenvalue weighted by molar-refractivity contribution is 5.71. The van der Waals surface area contributed by atoms with Crippen molar-refractivity contribution >= 4 is 24.3 Å². The zero-order chi connectivity index (χ0) is 23.6. The molecule has 1 aliphatic heterocycles. The second kappa shape index (κ2) is 17.4. The van der Waals surface area contributed by atoms with E-state index in [-0.39, 0.29) is 44.2 Å². The molecule has 2 atom stereocenters. The predicted molar refractivity (Wildman–Crippen MR) is 120 cm³/mol. The number of hydrogen-bond donors (Lipinski definition) is 0. The van der Waals surface area contributed by atoms with Gasteiger partial charge in [0.2, 0.25) is 0 Å². The monoisotopic (exact) mass is 455 g/mol. The molecule has 184 valence electrons. The number of esters is 2. The lowest BCUT2D eigenvalue weighted by molar-refractivity contribution is -0.151. The SMILES string of the molecule is CCCCCCCCC(=O)OCC(CC=O)CC(=O)OCC1CCCN1C(=O)OCCC. The fourth-order valence-electron chi connectivity index (χ4n) is 3.68. The van der Waals surface area contributed by atoms with E-state index >= 15 is 0 Å². The van der Waals surface area contributed by atoms with Crippen molar-refractivity contribution in [3.8, 4) is 0 Å². The summed E-state index contributed by atoms with van der Waals surface area (Å²) in [6, 6.07) is -0.192. The van der Waals surface area contributed by atoms with Crippen LogP contribution in [0, 0.1) is 5.92 Å². The summed E-state index contributed by atoms with van der Waals surface area (Å²) in [5.41, 5.74) is 0. The summed E-state index contributed by atoms with van der Waals surface area (Å²) in [6.07, 6.45) is 9.68. The zero-order valence-electron chi connectivity index (χ0n) is 19.9. The van der Waals surface area contributed by atoms with Gasteiger partial charge in [0.05, 0.1) is 25.7 Å². The van der Waals surface area contributed by atoms with Gasteiger partial charge in [-0.15, -0.1) is 0 Å². The summed E-state index contributed by atoms with van der Waals surface area (Å²) in [4.78, 5) is 48.8. The molecule has 8 nitrogen and oxygen atoms in total. The lowest BCUT2D eigenvalue weighted by Crippen LogP contribution is -2.39. The van der Waals surface area contributed by atoms with Gasteiger partial charge in [0.15, 0.2) is 0 Å². The topological polar surface area (TPSA) is 99.2 Å². The van der Waals surface area contributed by atoms with Gasteiger partial charge in [-0.25, -0.2) is 4.79 Å². The molecule has 0 aromatic carbocycles. The molecule has 32 heavy (non-hydrogen) atoms. The van der Waals surface area contributed by atoms with Crippen LogP contribution < -0.4 is 0 Å². The third-order valence-corrected chi connectivity index (χ3v) is 5.58. The van der Waals surface area contributed by atoms with Crippen LogP contribution in [0.1, 0.15) is 90.9 Å². The number of rotatable bonds is 17. The number of ether oxygens (including phenoxy) is 3. The first-order chi connectivity index (χ1) is 15.5. The minimum Gasteiger partial charge on any atom is -0.465 e. The van der Waals surface area contributed by atoms with Gasteiger partial charge in [0.1, 0.15) is 12.9 Å². The first-order valence-corrected chi connectivity index (χ1v) is 12.2. The molecule has 0 spiro atoms. The molecule has 1 aliphatic rings. The van der Waals surface area contributed by atoms with Crippen molar-refractivity contribution in [2.45, 2.75) is 96.9 Å². The third kappa shape index (κ3) is 12.1. The van der Waals surface area contributed by atoms with Crippen molar-refractivity contribution in [3.63, 3.8) is 0 Å². The second-order valence-corrected chi connectivity index (χ2v) is 8.46. The van der Waals surface area contributed by atoms with Crippen LogP contribution in [0.4, 0.5) is 4.79 Å². The summed E-state index contributed by atoms with van der Waals surface area (Å²) >= 11 is 0. The molecular weight excluding hydrogens is 414 g/mol. The first kappa shape index (κ1) is 27.9. The summed E-state index contributed by atoms with van der Waals surface area (Å²) in [5.74, 6) is -1.16. The van der Waals surface area contributed by atoms with Gasteiger partial charge in [0.25, 0.3) is 0 Å². The van der Waals surface area contributed by atoms with E-state index in [0.717, 1.165) is 44.8 Å². The number of likely N-dealkylation sites (tertiary alicyclic amines) is 1. The van der Waals surface area contributed by atoms with Gasteiger partial charge >= 0.3 is 18.0 Å². The van der Waals surface area contributed by atoms with Gasteiger partial charge in [0, 0.05) is 25.3 Å². The maximum Gasteiger partial charge on any atom is 0.410 e. The normalized spacial score (nSPS) is 16.4. The van der Waals surface area contributed by atoms with Crippen LogP contribution in [0.15, 0.2) is 0 Å². The van der Waals surface area contributed by atoms with Gasteiger partial charge in [-0.3, -0.25) is 9.59 Å². The van der Waals surface area contributed by atoms with Crippen LogP contribution in [-0.2, 0) is 28.6 Å². The summed E-state index contributed by atoms with van der Waals surface area (Å²) in [6.45, 7) is 5.18. The maximum absolute atomic E-state index is 12.3. The Morgan fingerprint density at radius 2 is 1.72 bits per heavy atom. The van der Waals surface area contributed by atoms with Crippen molar-refractivity contribution < 1.29 is 33.4 Å². The maximum atomic E-state index is 12.3. The summed E-state index contributed by atoms with van der Waals surface area (Å²) in [5, 5.41) is 0. The van der Waals surface area contributed by atoms with Crippen LogP contribution in [0.2, 0.25) is 0 Å². The molecule has 1 heterocycles. The number of amides is 1. The van der Waals surface area contributed by atoms with Gasteiger partial charge in [-0.1, -0.05) is 46.0 Å². The second-order valence-electron chi connectivity index (χ2n) is 8.46. The highest BCUT2D eigenvalue weighted by atomic mass is 16.6. The van der Waals surface area contributed by atoms with E-state index in [4.69, 9.17) is 14.2 Å². The quantitative estimate of drug-likeness (QED) is 0.138. The Balaban J connectivity index is 2.30. The Kier molecular flexibility index (Phi) is 15.2. The Morgan fingerprint density at radius 3 is 2.44 bits per heavy atom. The van der Waals surface area contributed by atoms with E-state index in [1.54, 1.807) is 4.90 Å². The minimum atomic E-state index is -0.461. The van der Waals surface area contributed by atoms with Crippen LogP contribution in [0.3, 0.4) is 0 Å². The summed E-state index contributed by atoms with van der Waals surface area (Å²) < 4.78 is 15.8. The van der Waals surface area contributed by atoms with Crippen LogP contribution in [0.25, 0.3) is 0 Å². The number of carbonyl (C=O) groups excluding carboxylic acids is 4. The van der Waals surface area contributed by atoms with Crippen molar-refractivity contribution in [2.24, 2.45) is 5.92 Å². The first-order valence-electron chi connectivity index (χ1n) is 12.2. The lowest BCUT2D eigenvalue weighted by Gasteiger charge is -2.24. The van der Waals surface area contributed by atoms with Crippen LogP contribution >= 0.6 is 0 Å². The smallest absolute Gasteiger partial charge is 0.410 e. The highest BCUT2D eigenvalue weighted by Gasteiger charge is 2.31. The average molecular weight is 456 g/mol. The molecule has 0 saturated carbocycles. The van der Waals surface area contributed by atoms with Crippen LogP contribution in [-0.4, -0.2) is 61.6 Å². The molecule has 1 rings (SSSR count). The molecule has 2 unspecified atom stereocenters. The number of hydrogen-bond acceptors (Lipinski definition) is 7. The Morgan fingerprint density at radius 1 is 0.969 bits per heavy atom. The standard InChI is InChI=1S/C24H41NO7/c1-3-5-6-7-8-9-12-22(27)31-18-20(13-15-26)17-23(28)32-19-21-11-10-14-25(21)24(29)30-16-4-2/h15,20-21H,3-14,16-19H2,1-2H3. The molecule has 0 aromatic rings. The molecule has 0 bridgehead atoms. The lowest BCUT2D eigenvalue weighted by atomic mass is 10.0. The predicted octanol–water partition coefficient (Wildman–Crippen LogP) is 4.43. The fraction of sp³-hybridized carbons (Fsp3) is 0.833. The number of aldehydes is 1. The molecule has 0 aliphatic carbocycles. The average Bonchev–Trinajstić information content (AvgIpc) is 3.25. The number of nitrogens with zero attached hydrogens (tertiary/aromatic N) is 1. The molecule has 1 amide bonds. The van der Waals surface area contributed by atoms with Crippen LogP contribution in [0.5, 0.6) is 0 Å². The van der Waals surface area contributed by atoms with Crippen molar-refractivity contribution in [1.82, 2.24) is 4.90 Å². The minimum absolute atomic E-state index is 0.00393. The number of carbonyl (C=O) groups is 4. The van der Waals surface area contributed by atoms with E-state index in [0.29, 0.717) is 19.6 Å². The van der Waals surface area contributed by atoms with E-state index in [9.17, 15) is 19.2 Å². The van der Waals surface area contributed by atoms with Gasteiger partial charge < -0.3 is 23.9 Å². The van der Waals surface area contributed by atoms with E-state index in [2.05, 4.69) is 6.92 Å². The molecule has 1 fully saturated rings. The van der Waals surface area contributed by atoms with E-state index in [1.165, 1.54) is 19.3 Å². The Labute approximate surface area is 192 Å². The highest BCUT2D eigenvalue weighted by Crippen LogP contribution is 2.19. The van der Waals surface area contributed by atoms with Crippen molar-refractivity contribution in [3.05, 3.63) is 0 Å². The fourth-order valence-corrected chi connectivity index (χ4v) is 3.68. The molecule has 1 saturated heterocycles. The zero-order valence-corrected chi connectivity index (χ0v) is 19.9. The molecule has 8 heteroatoms. The van der Waals surface area contributed by atoms with Crippen molar-refractivity contribution in [2.75, 3.05) is 26.4 Å². The third-order valence-electron chi connectivity index (χ3n) is 5.58. The molecule has 0 N–H and O–H groups in total. The Bertz CT molecular complexity index is 567. The molecule has 0 radical (unpaired) electrons. The molecular formula is C24H41NO7. The van der Waals surface area contributed by atoms with Gasteiger partial charge in [-0.2, -0.15) is 0 Å². The Hall–Kier alpha value is -2.12. The molecule has 0 aromatic heterocycles. The van der Waals surface area contributed by atoms with Crippen molar-refractivity contribution in [1.29, 1.82) is 0 Å². The number of unbranched alkanes of at least 4 members (excludes halogenated alkanes) is 5. The summed E-state index contributed by atoms with van der Waals surface area (Å²) in [7, 11) is 0.